The largest absolute Gasteiger partial charge is 0.380 e. The van der Waals surface area contributed by atoms with Crippen LogP contribution in [-0.2, 0) is 22.7 Å². The summed E-state index contributed by atoms with van der Waals surface area (Å²) in [5.41, 5.74) is 8.17. The van der Waals surface area contributed by atoms with E-state index in [1.165, 1.54) is 0 Å². The van der Waals surface area contributed by atoms with Gasteiger partial charge < -0.3 is 15.8 Å². The molecule has 2 rings (SSSR count). The van der Waals surface area contributed by atoms with Crippen molar-refractivity contribution in [2.45, 2.75) is 26.5 Å². The van der Waals surface area contributed by atoms with Crippen LogP contribution >= 0.6 is 0 Å². The van der Waals surface area contributed by atoms with Crippen molar-refractivity contribution in [2.24, 2.45) is 11.1 Å². The maximum absolute atomic E-state index is 12.1. The second-order valence-corrected chi connectivity index (χ2v) is 6.51. The van der Waals surface area contributed by atoms with Gasteiger partial charge in [-0.2, -0.15) is 0 Å². The lowest BCUT2D eigenvalue weighted by molar-refractivity contribution is -0.122. The van der Waals surface area contributed by atoms with Crippen LogP contribution in [0.1, 0.15) is 24.5 Å². The van der Waals surface area contributed by atoms with Crippen LogP contribution in [0.4, 0.5) is 0 Å². The summed E-state index contributed by atoms with van der Waals surface area (Å²) in [6.45, 7) is 6.31. The zero-order chi connectivity index (χ0) is 16.0. The van der Waals surface area contributed by atoms with E-state index in [0.717, 1.165) is 30.6 Å². The Morgan fingerprint density at radius 2 is 2.23 bits per heavy atom. The number of amides is 1. The van der Waals surface area contributed by atoms with Gasteiger partial charge in [-0.15, -0.1) is 0 Å². The molecule has 1 unspecified atom stereocenters. The number of nitrogens with one attached hydrogen (secondary N) is 1. The highest BCUT2D eigenvalue weighted by Gasteiger charge is 2.32. The molecule has 1 aromatic carbocycles. The third-order valence-corrected chi connectivity index (χ3v) is 4.29. The number of hydrogen-bond acceptors (Lipinski definition) is 4. The molecule has 122 valence electrons. The molecular formula is C17H27N3O2. The Morgan fingerprint density at radius 3 is 2.91 bits per heavy atom. The van der Waals surface area contributed by atoms with E-state index in [4.69, 9.17) is 10.5 Å². The Bertz CT molecular complexity index is 506. The molecule has 0 radical (unpaired) electrons. The third-order valence-electron chi connectivity index (χ3n) is 4.29. The standard InChI is InChI=1S/C17H27N3O2/c1-17(12-18)6-7-20(13-17)10-16(21)19-9-14-4-3-5-15(8-14)11-22-2/h3-5,8H,6-7,9-13,18H2,1-2H3,(H,19,21). The van der Waals surface area contributed by atoms with Crippen molar-refractivity contribution >= 4 is 5.91 Å². The summed E-state index contributed by atoms with van der Waals surface area (Å²) in [6.07, 6.45) is 1.07. The number of carbonyl (C=O) groups excluding carboxylic acids is 1. The minimum Gasteiger partial charge on any atom is -0.380 e. The van der Waals surface area contributed by atoms with Gasteiger partial charge in [-0.3, -0.25) is 9.69 Å². The first-order chi connectivity index (χ1) is 10.5. The van der Waals surface area contributed by atoms with Crippen molar-refractivity contribution in [1.82, 2.24) is 10.2 Å². The molecular weight excluding hydrogens is 278 g/mol. The van der Waals surface area contributed by atoms with Gasteiger partial charge in [0.15, 0.2) is 0 Å². The van der Waals surface area contributed by atoms with Crippen LogP contribution in [0.25, 0.3) is 0 Å². The van der Waals surface area contributed by atoms with E-state index < -0.39 is 0 Å². The minimum atomic E-state index is 0.0680. The minimum absolute atomic E-state index is 0.0680. The van der Waals surface area contributed by atoms with Crippen LogP contribution in [-0.4, -0.2) is 44.1 Å². The summed E-state index contributed by atoms with van der Waals surface area (Å²) in [4.78, 5) is 14.3. The highest BCUT2D eigenvalue weighted by molar-refractivity contribution is 5.78. The second-order valence-electron chi connectivity index (χ2n) is 6.51. The zero-order valence-electron chi connectivity index (χ0n) is 13.6. The molecule has 0 spiro atoms. The summed E-state index contributed by atoms with van der Waals surface area (Å²) >= 11 is 0. The summed E-state index contributed by atoms with van der Waals surface area (Å²) < 4.78 is 5.12. The number of carbonyl (C=O) groups is 1. The molecule has 0 bridgehead atoms. The zero-order valence-corrected chi connectivity index (χ0v) is 13.6. The topological polar surface area (TPSA) is 67.6 Å². The normalized spacial score (nSPS) is 22.0. The van der Waals surface area contributed by atoms with E-state index in [1.807, 2.05) is 18.2 Å². The molecule has 3 N–H and O–H groups in total. The van der Waals surface area contributed by atoms with Crippen LogP contribution < -0.4 is 11.1 Å². The van der Waals surface area contributed by atoms with E-state index >= 15 is 0 Å². The van der Waals surface area contributed by atoms with E-state index in [0.29, 0.717) is 26.2 Å². The van der Waals surface area contributed by atoms with E-state index in [2.05, 4.69) is 23.2 Å². The Morgan fingerprint density at radius 1 is 1.45 bits per heavy atom. The van der Waals surface area contributed by atoms with Gasteiger partial charge in [-0.25, -0.2) is 0 Å². The van der Waals surface area contributed by atoms with Gasteiger partial charge >= 0.3 is 0 Å². The number of benzene rings is 1. The van der Waals surface area contributed by atoms with Crippen LogP contribution in [0.15, 0.2) is 24.3 Å². The molecule has 22 heavy (non-hydrogen) atoms. The Balaban J connectivity index is 1.77. The molecule has 0 saturated carbocycles. The van der Waals surface area contributed by atoms with E-state index in [-0.39, 0.29) is 11.3 Å². The van der Waals surface area contributed by atoms with Gasteiger partial charge in [0.25, 0.3) is 0 Å². The molecule has 0 aromatic heterocycles. The molecule has 1 saturated heterocycles. The molecule has 1 aliphatic rings. The first-order valence-corrected chi connectivity index (χ1v) is 7.80. The third kappa shape index (κ3) is 4.80. The summed E-state index contributed by atoms with van der Waals surface area (Å²) in [7, 11) is 1.68. The first kappa shape index (κ1) is 16.9. The number of ether oxygens (including phenoxy) is 1. The van der Waals surface area contributed by atoms with Crippen LogP contribution in [0.2, 0.25) is 0 Å². The number of hydrogen-bond donors (Lipinski definition) is 2. The van der Waals surface area contributed by atoms with Gasteiger partial charge in [0.2, 0.25) is 5.91 Å². The molecule has 1 aliphatic heterocycles. The van der Waals surface area contributed by atoms with E-state index in [1.54, 1.807) is 7.11 Å². The van der Waals surface area contributed by atoms with Crippen molar-refractivity contribution in [3.05, 3.63) is 35.4 Å². The van der Waals surface area contributed by atoms with Crippen molar-refractivity contribution in [3.8, 4) is 0 Å². The molecule has 0 aliphatic carbocycles. The lowest BCUT2D eigenvalue weighted by Crippen LogP contribution is -2.38. The average Bonchev–Trinajstić information content (AvgIpc) is 2.88. The first-order valence-electron chi connectivity index (χ1n) is 7.80. The fraction of sp³-hybridized carbons (Fsp3) is 0.588. The second kappa shape index (κ2) is 7.72. The van der Waals surface area contributed by atoms with E-state index in [9.17, 15) is 4.79 Å². The van der Waals surface area contributed by atoms with Crippen molar-refractivity contribution in [2.75, 3.05) is 33.3 Å². The van der Waals surface area contributed by atoms with Gasteiger partial charge in [-0.1, -0.05) is 31.2 Å². The molecule has 1 aromatic rings. The number of methoxy groups -OCH3 is 1. The summed E-state index contributed by atoms with van der Waals surface area (Å²) in [5, 5.41) is 2.99. The monoisotopic (exact) mass is 305 g/mol. The van der Waals surface area contributed by atoms with Crippen molar-refractivity contribution < 1.29 is 9.53 Å². The van der Waals surface area contributed by atoms with Crippen LogP contribution in [0.3, 0.4) is 0 Å². The van der Waals surface area contributed by atoms with Crippen LogP contribution in [0, 0.1) is 5.41 Å². The number of likely N-dealkylation sites (tertiary alicyclic amines) is 1. The van der Waals surface area contributed by atoms with Gasteiger partial charge in [0.05, 0.1) is 13.2 Å². The van der Waals surface area contributed by atoms with Gasteiger partial charge in [-0.05, 0) is 36.1 Å². The summed E-state index contributed by atoms with van der Waals surface area (Å²) in [5.74, 6) is 0.0680. The Kier molecular flexibility index (Phi) is 5.94. The predicted molar refractivity (Wildman–Crippen MR) is 87.2 cm³/mol. The fourth-order valence-electron chi connectivity index (χ4n) is 2.88. The lowest BCUT2D eigenvalue weighted by Gasteiger charge is -2.22. The maximum atomic E-state index is 12.1. The number of nitrogens with two attached hydrogens (primary N) is 1. The molecule has 5 nitrogen and oxygen atoms in total. The van der Waals surface area contributed by atoms with Crippen LogP contribution in [0.5, 0.6) is 0 Å². The molecule has 1 atom stereocenters. The number of nitrogens with zero attached hydrogens (tertiary/aromatic N) is 1. The number of rotatable bonds is 7. The van der Waals surface area contributed by atoms with Crippen molar-refractivity contribution in [1.29, 1.82) is 0 Å². The molecule has 1 fully saturated rings. The van der Waals surface area contributed by atoms with Crippen molar-refractivity contribution in [3.63, 3.8) is 0 Å². The SMILES string of the molecule is COCc1cccc(CNC(=O)CN2CCC(C)(CN)C2)c1. The molecule has 5 heteroatoms. The predicted octanol–water partition coefficient (Wildman–Crippen LogP) is 1.12. The highest BCUT2D eigenvalue weighted by Crippen LogP contribution is 2.27. The van der Waals surface area contributed by atoms with Gasteiger partial charge in [0.1, 0.15) is 0 Å². The molecule has 1 amide bonds. The maximum Gasteiger partial charge on any atom is 0.234 e. The Hall–Kier alpha value is -1.43. The fourth-order valence-corrected chi connectivity index (χ4v) is 2.88. The Labute approximate surface area is 132 Å². The highest BCUT2D eigenvalue weighted by atomic mass is 16.5. The smallest absolute Gasteiger partial charge is 0.234 e. The summed E-state index contributed by atoms with van der Waals surface area (Å²) in [6, 6.07) is 8.08. The lowest BCUT2D eigenvalue weighted by atomic mass is 9.90. The quantitative estimate of drug-likeness (QED) is 0.792. The van der Waals surface area contributed by atoms with Gasteiger partial charge in [0, 0.05) is 20.2 Å². The average molecular weight is 305 g/mol. The molecule has 1 heterocycles.